The van der Waals surface area contributed by atoms with E-state index in [9.17, 15) is 19.2 Å². The van der Waals surface area contributed by atoms with E-state index in [-0.39, 0.29) is 62.5 Å². The molecule has 0 atom stereocenters. The number of alkyl carbamates (subject to hydrolysis) is 1. The summed E-state index contributed by atoms with van der Waals surface area (Å²) in [5, 5.41) is 2.35. The maximum atomic E-state index is 11.0. The average molecular weight is 704 g/mol. The summed E-state index contributed by atoms with van der Waals surface area (Å²) in [7, 11) is 0. The van der Waals surface area contributed by atoms with Crippen LogP contribution in [0.1, 0.15) is 49.0 Å². The third-order valence-corrected chi connectivity index (χ3v) is 2.54. The second-order valence-corrected chi connectivity index (χ2v) is 5.50. The van der Waals surface area contributed by atoms with Gasteiger partial charge in [0.15, 0.2) is 5.78 Å². The first kappa shape index (κ1) is 43.3. The molecule has 0 fully saturated rings. The van der Waals surface area contributed by atoms with Crippen molar-refractivity contribution < 1.29 is 47.2 Å². The molecular weight excluding hydrogens is 668 g/mol. The van der Waals surface area contributed by atoms with Crippen molar-refractivity contribution in [1.82, 2.24) is 5.32 Å². The van der Waals surface area contributed by atoms with Crippen LogP contribution >= 0.6 is 48.8 Å². The predicted octanol–water partition coefficient (Wildman–Crippen LogP) is 4.91. The van der Waals surface area contributed by atoms with Gasteiger partial charge in [-0.3, -0.25) is 9.59 Å². The summed E-state index contributed by atoms with van der Waals surface area (Å²) in [4.78, 5) is 41.6. The number of ketones is 2. The van der Waals surface area contributed by atoms with E-state index in [1.54, 1.807) is 27.7 Å². The van der Waals surface area contributed by atoms with Crippen molar-refractivity contribution in [2.75, 3.05) is 26.3 Å². The van der Waals surface area contributed by atoms with E-state index in [2.05, 4.69) is 52.0 Å². The number of Topliss-reactive ketones (excluding diaryl/α,β-unsaturated/α-hetero) is 2. The molecule has 0 unspecified atom stereocenters. The van der Waals surface area contributed by atoms with Gasteiger partial charge in [0.05, 0.1) is 26.3 Å². The molecule has 175 valence electrons. The molecule has 0 saturated carbocycles. The van der Waals surface area contributed by atoms with E-state index in [4.69, 9.17) is 17.3 Å². The summed E-state index contributed by atoms with van der Waals surface area (Å²) in [6.07, 6.45) is -0.536. The topological polar surface area (TPSA) is 125 Å². The summed E-state index contributed by atoms with van der Waals surface area (Å²) in [5.74, 6) is 0.181. The molecule has 29 heavy (non-hydrogen) atoms. The molecule has 12 heteroatoms. The van der Waals surface area contributed by atoms with E-state index >= 15 is 0 Å². The summed E-state index contributed by atoms with van der Waals surface area (Å²) in [6.45, 7) is 11.6. The normalized spacial score (nSPS) is 8.14. The number of nitrogens with two attached hydrogens (primary N) is 1. The SMILES string of the molecule is C.CC(C)C(=O)CN.CCOC(=O)Cl.CCOC(=O)NCC(=O)C(C)C.II.[V]. The van der Waals surface area contributed by atoms with Gasteiger partial charge in [-0.2, -0.15) is 0 Å². The number of hydrogen-bond acceptors (Lipinski definition) is 7. The van der Waals surface area contributed by atoms with Crippen LogP contribution in [-0.2, 0) is 37.6 Å². The molecule has 0 spiro atoms. The monoisotopic (exact) mass is 703 g/mol. The van der Waals surface area contributed by atoms with Crippen LogP contribution in [0.3, 0.4) is 0 Å². The van der Waals surface area contributed by atoms with Crippen LogP contribution in [0.25, 0.3) is 0 Å². The minimum absolute atomic E-state index is 0. The molecular formula is C17H35ClI2N2O6V. The molecule has 0 aliphatic heterocycles. The van der Waals surface area contributed by atoms with Gasteiger partial charge in [0.25, 0.3) is 0 Å². The van der Waals surface area contributed by atoms with Gasteiger partial charge in [-0.25, -0.2) is 9.59 Å². The quantitative estimate of drug-likeness (QED) is 0.285. The van der Waals surface area contributed by atoms with Crippen LogP contribution in [0.5, 0.6) is 0 Å². The van der Waals surface area contributed by atoms with Crippen LogP contribution in [0, 0.1) is 11.8 Å². The number of carbonyl (C=O) groups is 4. The van der Waals surface area contributed by atoms with E-state index < -0.39 is 11.5 Å². The third kappa shape index (κ3) is 43.2. The van der Waals surface area contributed by atoms with Gasteiger partial charge < -0.3 is 20.5 Å². The van der Waals surface area contributed by atoms with Crippen LogP contribution < -0.4 is 11.1 Å². The summed E-state index contributed by atoms with van der Waals surface area (Å²) < 4.78 is 8.74. The Morgan fingerprint density at radius 1 is 0.931 bits per heavy atom. The Morgan fingerprint density at radius 2 is 1.31 bits per heavy atom. The largest absolute Gasteiger partial charge is 0.454 e. The first-order chi connectivity index (χ1) is 12.5. The van der Waals surface area contributed by atoms with E-state index in [1.165, 1.54) is 0 Å². The molecule has 0 heterocycles. The van der Waals surface area contributed by atoms with Crippen molar-refractivity contribution in [2.45, 2.75) is 49.0 Å². The molecule has 3 N–H and O–H groups in total. The van der Waals surface area contributed by atoms with Gasteiger partial charge in [0.1, 0.15) is 5.78 Å². The molecule has 0 aliphatic carbocycles. The third-order valence-electron chi connectivity index (χ3n) is 2.43. The van der Waals surface area contributed by atoms with Gasteiger partial charge in [-0.15, -0.1) is 0 Å². The summed E-state index contributed by atoms with van der Waals surface area (Å²) in [6, 6.07) is 0. The molecule has 1 amide bonds. The van der Waals surface area contributed by atoms with Crippen LogP contribution in [0.4, 0.5) is 9.59 Å². The number of rotatable bonds is 7. The van der Waals surface area contributed by atoms with Gasteiger partial charge in [-0.05, 0) is 13.8 Å². The molecule has 0 rings (SSSR count). The van der Waals surface area contributed by atoms with Gasteiger partial charge in [-0.1, -0.05) is 35.1 Å². The Labute approximate surface area is 215 Å². The van der Waals surface area contributed by atoms with E-state index in [1.807, 2.05) is 13.8 Å². The van der Waals surface area contributed by atoms with Crippen molar-refractivity contribution in [3.8, 4) is 0 Å². The molecule has 0 aromatic rings. The van der Waals surface area contributed by atoms with Gasteiger partial charge >= 0.3 is 11.5 Å². The van der Waals surface area contributed by atoms with Gasteiger partial charge in [0, 0.05) is 79.2 Å². The number of carbonyl (C=O) groups excluding carboxylic acids is 4. The molecule has 1 radical (unpaired) electrons. The number of ether oxygens (including phenoxy) is 2. The first-order valence-corrected chi connectivity index (χ1v) is 14.8. The molecule has 0 aliphatic rings. The Kier molecular flexibility index (Phi) is 49.3. The Balaban J connectivity index is -0.0000000675. The van der Waals surface area contributed by atoms with Crippen LogP contribution in [-0.4, -0.2) is 49.4 Å². The molecule has 8 nitrogen and oxygen atoms in total. The fraction of sp³-hybridized carbons (Fsp3) is 0.765. The fourth-order valence-electron chi connectivity index (χ4n) is 0.895. The smallest absolute Gasteiger partial charge is 0.407 e. The number of amides is 1. The minimum Gasteiger partial charge on any atom is -0.454 e. The van der Waals surface area contributed by atoms with Crippen molar-refractivity contribution in [3.05, 3.63) is 0 Å². The van der Waals surface area contributed by atoms with E-state index in [0.29, 0.717) is 13.2 Å². The zero-order chi connectivity index (χ0) is 22.4. The van der Waals surface area contributed by atoms with Crippen molar-refractivity contribution in [3.63, 3.8) is 0 Å². The number of nitrogens with one attached hydrogen (secondary N) is 1. The first-order valence-electron chi connectivity index (χ1n) is 8.15. The molecule has 0 saturated heterocycles. The van der Waals surface area contributed by atoms with Crippen molar-refractivity contribution >= 4 is 71.9 Å². The van der Waals surface area contributed by atoms with Crippen molar-refractivity contribution in [2.24, 2.45) is 17.6 Å². The number of hydrogen-bond donors (Lipinski definition) is 2. The van der Waals surface area contributed by atoms with Crippen LogP contribution in [0.15, 0.2) is 0 Å². The zero-order valence-corrected chi connectivity index (χ0v) is 23.6. The maximum absolute atomic E-state index is 11.0. The van der Waals surface area contributed by atoms with Crippen molar-refractivity contribution in [1.29, 1.82) is 0 Å². The average Bonchev–Trinajstić information content (AvgIpc) is 2.61. The Hall–Kier alpha value is 0.374. The Morgan fingerprint density at radius 3 is 1.48 bits per heavy atom. The van der Waals surface area contributed by atoms with Crippen LogP contribution in [0.2, 0.25) is 0 Å². The second kappa shape index (κ2) is 33.0. The molecule has 0 aromatic carbocycles. The predicted molar refractivity (Wildman–Crippen MR) is 131 cm³/mol. The number of halogens is 3. The zero-order valence-electron chi connectivity index (χ0n) is 17.1. The minimum atomic E-state index is -0.738. The summed E-state index contributed by atoms with van der Waals surface area (Å²) >= 11 is 8.96. The summed E-state index contributed by atoms with van der Waals surface area (Å²) in [5.41, 5.74) is 4.28. The standard InChI is InChI=1S/C8H15NO3.C5H11NO.C3H5ClO2.CH4.I2.V/c1-4-12-8(11)9-5-7(10)6(2)3;1-4(2)5(7)3-6;1-2-6-3(4)5;;1-2;/h6H,4-5H2,1-3H3,(H,9,11);4H,3,6H2,1-2H3;2H2,1H3;1H4;;. The Bertz CT molecular complexity index is 417. The maximum Gasteiger partial charge on any atom is 0.407 e. The van der Waals surface area contributed by atoms with Gasteiger partial charge in [0.2, 0.25) is 0 Å². The molecule has 0 aromatic heterocycles. The molecule has 0 bridgehead atoms. The van der Waals surface area contributed by atoms with E-state index in [0.717, 1.165) is 0 Å². The second-order valence-electron chi connectivity index (χ2n) is 5.19. The fourth-order valence-corrected chi connectivity index (χ4v) is 1.00.